The fraction of sp³-hybridized carbons (Fsp3) is 0.150. The van der Waals surface area contributed by atoms with Crippen molar-refractivity contribution < 1.29 is 8.78 Å². The Morgan fingerprint density at radius 1 is 1.00 bits per heavy atom. The minimum absolute atomic E-state index is 0.0359. The van der Waals surface area contributed by atoms with Crippen molar-refractivity contribution in [1.82, 2.24) is 19.7 Å². The van der Waals surface area contributed by atoms with E-state index in [2.05, 4.69) is 15.2 Å². The van der Waals surface area contributed by atoms with Crippen molar-refractivity contribution in [3.05, 3.63) is 78.1 Å². The molecule has 0 atom stereocenters. The second kappa shape index (κ2) is 6.63. The Labute approximate surface area is 149 Å². The van der Waals surface area contributed by atoms with E-state index >= 15 is 0 Å². The van der Waals surface area contributed by atoms with Crippen molar-refractivity contribution in [2.75, 3.05) is 0 Å². The first-order valence-corrected chi connectivity index (χ1v) is 8.22. The van der Waals surface area contributed by atoms with Crippen LogP contribution in [0.4, 0.5) is 8.78 Å². The van der Waals surface area contributed by atoms with Crippen LogP contribution in [0.3, 0.4) is 0 Å². The summed E-state index contributed by atoms with van der Waals surface area (Å²) in [5.74, 6) is 0.915. The van der Waals surface area contributed by atoms with E-state index in [1.165, 1.54) is 12.1 Å². The van der Waals surface area contributed by atoms with Crippen LogP contribution in [0.1, 0.15) is 23.5 Å². The highest BCUT2D eigenvalue weighted by Gasteiger charge is 2.09. The average molecular weight is 350 g/mol. The summed E-state index contributed by atoms with van der Waals surface area (Å²) in [4.78, 5) is 4.21. The van der Waals surface area contributed by atoms with E-state index in [1.807, 2.05) is 42.0 Å². The summed E-state index contributed by atoms with van der Waals surface area (Å²) >= 11 is 0. The highest BCUT2D eigenvalue weighted by atomic mass is 19.3. The zero-order chi connectivity index (χ0) is 18.1. The summed E-state index contributed by atoms with van der Waals surface area (Å²) in [6.07, 6.45) is 2.90. The molecule has 130 valence electrons. The predicted molar refractivity (Wildman–Crippen MR) is 96.0 cm³/mol. The zero-order valence-electron chi connectivity index (χ0n) is 14.1. The maximum atomic E-state index is 12.8. The maximum absolute atomic E-state index is 12.8. The first kappa shape index (κ1) is 16.3. The van der Waals surface area contributed by atoms with Crippen LogP contribution in [0.2, 0.25) is 0 Å². The summed E-state index contributed by atoms with van der Waals surface area (Å²) in [7, 11) is 0. The summed E-state index contributed by atoms with van der Waals surface area (Å²) < 4.78 is 27.7. The quantitative estimate of drug-likeness (QED) is 0.532. The third kappa shape index (κ3) is 3.18. The molecule has 0 aliphatic heterocycles. The molecule has 0 unspecified atom stereocenters. The molecule has 0 aliphatic rings. The van der Waals surface area contributed by atoms with Crippen LogP contribution in [0, 0.1) is 6.92 Å². The van der Waals surface area contributed by atoms with Gasteiger partial charge in [-0.3, -0.25) is 0 Å². The maximum Gasteiger partial charge on any atom is 0.263 e. The molecule has 0 N–H and O–H groups in total. The number of rotatable bonds is 4. The molecule has 0 bridgehead atoms. The summed E-state index contributed by atoms with van der Waals surface area (Å²) in [6.45, 7) is 2.53. The van der Waals surface area contributed by atoms with E-state index in [4.69, 9.17) is 0 Å². The summed E-state index contributed by atoms with van der Waals surface area (Å²) in [6, 6.07) is 12.5. The SMILES string of the molecule is Cc1nccn1Cc1cc(-c2ccc3cc(C(F)F)ccc3c2)cnn1. The molecule has 0 saturated carbocycles. The zero-order valence-corrected chi connectivity index (χ0v) is 14.1. The smallest absolute Gasteiger partial charge is 0.263 e. The molecule has 4 aromatic rings. The van der Waals surface area contributed by atoms with Crippen molar-refractivity contribution in [2.24, 2.45) is 0 Å². The molecular weight excluding hydrogens is 334 g/mol. The molecule has 0 saturated heterocycles. The van der Waals surface area contributed by atoms with Crippen LogP contribution in [0.25, 0.3) is 21.9 Å². The van der Waals surface area contributed by atoms with Gasteiger partial charge in [0.05, 0.1) is 18.4 Å². The average Bonchev–Trinajstić information content (AvgIpc) is 3.05. The van der Waals surface area contributed by atoms with Crippen molar-refractivity contribution in [2.45, 2.75) is 19.9 Å². The molecular formula is C20H16F2N4. The van der Waals surface area contributed by atoms with Crippen LogP contribution in [-0.4, -0.2) is 19.7 Å². The minimum atomic E-state index is -2.46. The van der Waals surface area contributed by atoms with Gasteiger partial charge in [0, 0.05) is 23.5 Å². The molecule has 2 aromatic heterocycles. The largest absolute Gasteiger partial charge is 0.329 e. The normalized spacial score (nSPS) is 11.4. The Kier molecular flexibility index (Phi) is 4.16. The number of nitrogens with zero attached hydrogens (tertiary/aromatic N) is 4. The molecule has 4 rings (SSSR count). The van der Waals surface area contributed by atoms with Crippen molar-refractivity contribution in [3.8, 4) is 11.1 Å². The van der Waals surface area contributed by atoms with Crippen molar-refractivity contribution in [1.29, 1.82) is 0 Å². The molecule has 0 radical (unpaired) electrons. The van der Waals surface area contributed by atoms with Crippen LogP contribution < -0.4 is 0 Å². The monoisotopic (exact) mass is 350 g/mol. The molecule has 6 heteroatoms. The van der Waals surface area contributed by atoms with E-state index in [9.17, 15) is 8.78 Å². The molecule has 26 heavy (non-hydrogen) atoms. The fourth-order valence-corrected chi connectivity index (χ4v) is 2.97. The highest BCUT2D eigenvalue weighted by molar-refractivity contribution is 5.87. The third-order valence-electron chi connectivity index (χ3n) is 4.41. The van der Waals surface area contributed by atoms with E-state index in [-0.39, 0.29) is 5.56 Å². The lowest BCUT2D eigenvalue weighted by Gasteiger charge is -2.08. The lowest BCUT2D eigenvalue weighted by molar-refractivity contribution is 0.151. The van der Waals surface area contributed by atoms with E-state index in [0.717, 1.165) is 33.4 Å². The van der Waals surface area contributed by atoms with E-state index < -0.39 is 6.43 Å². The Balaban J connectivity index is 1.67. The Morgan fingerprint density at radius 2 is 1.81 bits per heavy atom. The number of hydrogen-bond acceptors (Lipinski definition) is 3. The Bertz CT molecular complexity index is 1070. The van der Waals surface area contributed by atoms with Gasteiger partial charge in [-0.1, -0.05) is 24.3 Å². The number of benzene rings is 2. The summed E-state index contributed by atoms with van der Waals surface area (Å²) in [5, 5.41) is 10.0. The Hall–Kier alpha value is -3.15. The number of imidazole rings is 1. The Morgan fingerprint density at radius 3 is 2.58 bits per heavy atom. The number of alkyl halides is 2. The molecule has 0 fully saturated rings. The minimum Gasteiger partial charge on any atom is -0.329 e. The lowest BCUT2D eigenvalue weighted by Crippen LogP contribution is -2.04. The van der Waals surface area contributed by atoms with Gasteiger partial charge in [-0.05, 0) is 41.5 Å². The van der Waals surface area contributed by atoms with Crippen molar-refractivity contribution in [3.63, 3.8) is 0 Å². The van der Waals surface area contributed by atoms with Crippen LogP contribution in [-0.2, 0) is 6.54 Å². The highest BCUT2D eigenvalue weighted by Crippen LogP contribution is 2.28. The molecule has 0 amide bonds. The van der Waals surface area contributed by atoms with E-state index in [0.29, 0.717) is 6.54 Å². The second-order valence-corrected chi connectivity index (χ2v) is 6.16. The molecule has 2 heterocycles. The number of halogens is 2. The first-order valence-electron chi connectivity index (χ1n) is 8.22. The van der Waals surface area contributed by atoms with Gasteiger partial charge in [0.1, 0.15) is 5.82 Å². The van der Waals surface area contributed by atoms with Gasteiger partial charge in [-0.15, -0.1) is 0 Å². The number of fused-ring (bicyclic) bond motifs is 1. The third-order valence-corrected chi connectivity index (χ3v) is 4.41. The van der Waals surface area contributed by atoms with Crippen LogP contribution in [0.15, 0.2) is 61.1 Å². The van der Waals surface area contributed by atoms with E-state index in [1.54, 1.807) is 18.5 Å². The van der Waals surface area contributed by atoms with Gasteiger partial charge < -0.3 is 4.57 Å². The molecule has 4 nitrogen and oxygen atoms in total. The fourth-order valence-electron chi connectivity index (χ4n) is 2.97. The van der Waals surface area contributed by atoms with Gasteiger partial charge in [-0.2, -0.15) is 10.2 Å². The number of hydrogen-bond donors (Lipinski definition) is 0. The number of aryl methyl sites for hydroxylation is 1. The van der Waals surface area contributed by atoms with Gasteiger partial charge in [0.2, 0.25) is 0 Å². The van der Waals surface area contributed by atoms with Crippen molar-refractivity contribution >= 4 is 10.8 Å². The summed E-state index contributed by atoms with van der Waals surface area (Å²) in [5.41, 5.74) is 2.78. The topological polar surface area (TPSA) is 43.6 Å². The standard InChI is InChI=1S/C20H16F2N4/c1-13-23-6-7-26(13)12-19-10-18(11-24-25-19)16-3-2-15-9-17(20(21)22)5-4-14(15)8-16/h2-11,20H,12H2,1H3. The molecule has 0 spiro atoms. The van der Waals surface area contributed by atoms with Gasteiger partial charge in [-0.25, -0.2) is 13.8 Å². The molecule has 0 aliphatic carbocycles. The lowest BCUT2D eigenvalue weighted by atomic mass is 10.0. The van der Waals surface area contributed by atoms with Crippen LogP contribution >= 0.6 is 0 Å². The second-order valence-electron chi connectivity index (χ2n) is 6.16. The van der Waals surface area contributed by atoms with Gasteiger partial charge in [0.15, 0.2) is 0 Å². The first-order chi connectivity index (χ1) is 12.6. The molecule has 2 aromatic carbocycles. The van der Waals surface area contributed by atoms with Gasteiger partial charge in [0.25, 0.3) is 6.43 Å². The predicted octanol–water partition coefficient (Wildman–Crippen LogP) is 4.79. The number of aromatic nitrogens is 4. The van der Waals surface area contributed by atoms with Gasteiger partial charge >= 0.3 is 0 Å². The van der Waals surface area contributed by atoms with Crippen LogP contribution in [0.5, 0.6) is 0 Å².